The molecule has 1 fully saturated rings. The third-order valence-corrected chi connectivity index (χ3v) is 9.78. The van der Waals surface area contributed by atoms with Gasteiger partial charge >= 0.3 is 0 Å². The first kappa shape index (κ1) is 17.8. The van der Waals surface area contributed by atoms with E-state index in [9.17, 15) is 0 Å². The molecule has 1 aliphatic rings. The number of benzene rings is 2. The molecule has 1 saturated heterocycles. The fraction of sp³-hybridized carbons (Fsp3) is 0.400. The minimum Gasteiger partial charge on any atom is -0.362 e. The first-order valence-corrected chi connectivity index (χ1v) is 11.8. The molecule has 0 amide bonds. The molecule has 0 bridgehead atoms. The van der Waals surface area contributed by atoms with E-state index in [-0.39, 0.29) is 6.23 Å². The topological polar surface area (TPSA) is 12.5 Å². The van der Waals surface area contributed by atoms with Gasteiger partial charge in [0.05, 0.1) is 6.61 Å². The van der Waals surface area contributed by atoms with Crippen molar-refractivity contribution in [3.05, 3.63) is 71.8 Å². The van der Waals surface area contributed by atoms with Gasteiger partial charge in [-0.15, -0.1) is 0 Å². The van der Waals surface area contributed by atoms with E-state index in [1.54, 1.807) is 0 Å². The molecule has 24 heavy (non-hydrogen) atoms. The van der Waals surface area contributed by atoms with Crippen molar-refractivity contribution in [1.82, 2.24) is 4.67 Å². The molecule has 0 saturated carbocycles. The highest BCUT2D eigenvalue weighted by atomic mass is 32.4. The SMILES string of the molecule is CC1OCCN1P(=S)(CCc1ccccc1)CCc1ccccc1. The largest absolute Gasteiger partial charge is 0.362 e. The predicted octanol–water partition coefficient (Wildman–Crippen LogP) is 4.54. The fourth-order valence-corrected chi connectivity index (χ4v) is 7.58. The zero-order chi connectivity index (χ0) is 16.8. The Morgan fingerprint density at radius 1 is 0.958 bits per heavy atom. The third-order valence-electron chi connectivity index (χ3n) is 4.75. The van der Waals surface area contributed by atoms with E-state index < -0.39 is 6.19 Å². The lowest BCUT2D eigenvalue weighted by Gasteiger charge is -2.34. The number of aryl methyl sites for hydroxylation is 2. The first-order valence-electron chi connectivity index (χ1n) is 8.72. The van der Waals surface area contributed by atoms with Gasteiger partial charge < -0.3 is 4.74 Å². The maximum atomic E-state index is 6.29. The van der Waals surface area contributed by atoms with E-state index >= 15 is 0 Å². The zero-order valence-corrected chi connectivity index (χ0v) is 16.0. The van der Waals surface area contributed by atoms with Gasteiger partial charge in [0.15, 0.2) is 0 Å². The second kappa shape index (κ2) is 8.40. The summed E-state index contributed by atoms with van der Waals surface area (Å²) in [5.41, 5.74) is 2.78. The number of ether oxygens (including phenoxy) is 1. The summed E-state index contributed by atoms with van der Waals surface area (Å²) in [7, 11) is 0. The van der Waals surface area contributed by atoms with Crippen LogP contribution in [0.2, 0.25) is 0 Å². The van der Waals surface area contributed by atoms with Crippen molar-refractivity contribution in [3.8, 4) is 0 Å². The van der Waals surface area contributed by atoms with Gasteiger partial charge in [-0.05, 0) is 43.2 Å². The molecule has 2 aromatic carbocycles. The standard InChI is InChI=1S/C20H26NOPS/c1-18-21(14-15-22-18)23(24,16-12-19-8-4-2-5-9-19)17-13-20-10-6-3-7-11-20/h2-11,18H,12-17H2,1H3. The van der Waals surface area contributed by atoms with Crippen LogP contribution in [0.15, 0.2) is 60.7 Å². The molecule has 0 N–H and O–H groups in total. The summed E-state index contributed by atoms with van der Waals surface area (Å²) in [5.74, 6) is 0. The molecule has 0 spiro atoms. The Kier molecular flexibility index (Phi) is 6.24. The molecule has 3 rings (SSSR count). The Morgan fingerprint density at radius 2 is 1.46 bits per heavy atom. The lowest BCUT2D eigenvalue weighted by molar-refractivity contribution is 0.0860. The van der Waals surface area contributed by atoms with E-state index in [4.69, 9.17) is 16.5 Å². The van der Waals surface area contributed by atoms with E-state index in [2.05, 4.69) is 72.3 Å². The van der Waals surface area contributed by atoms with Crippen LogP contribution in [0.5, 0.6) is 0 Å². The van der Waals surface area contributed by atoms with E-state index in [0.717, 1.165) is 38.3 Å². The van der Waals surface area contributed by atoms with Crippen LogP contribution in [0.1, 0.15) is 18.1 Å². The van der Waals surface area contributed by atoms with Gasteiger partial charge in [-0.1, -0.05) is 72.5 Å². The van der Waals surface area contributed by atoms with Crippen molar-refractivity contribution in [2.45, 2.75) is 26.0 Å². The van der Waals surface area contributed by atoms with Crippen LogP contribution >= 0.6 is 6.19 Å². The molecule has 2 aromatic rings. The van der Waals surface area contributed by atoms with E-state index in [0.29, 0.717) is 0 Å². The van der Waals surface area contributed by atoms with Crippen LogP contribution in [0.3, 0.4) is 0 Å². The van der Waals surface area contributed by atoms with Crippen molar-refractivity contribution in [1.29, 1.82) is 0 Å². The smallest absolute Gasteiger partial charge is 0.111 e. The van der Waals surface area contributed by atoms with Gasteiger partial charge in [0, 0.05) is 12.7 Å². The summed E-state index contributed by atoms with van der Waals surface area (Å²) in [6.07, 6.45) is 2.87. The number of hydrogen-bond donors (Lipinski definition) is 0. The Morgan fingerprint density at radius 3 is 1.88 bits per heavy atom. The Bertz CT molecular complexity index is 629. The molecule has 1 atom stereocenters. The molecule has 4 heteroatoms. The molecule has 128 valence electrons. The van der Waals surface area contributed by atoms with Crippen LogP contribution in [-0.2, 0) is 29.4 Å². The summed E-state index contributed by atoms with van der Waals surface area (Å²) in [6, 6.07) is 21.4. The molecule has 0 aliphatic carbocycles. The fourth-order valence-electron chi connectivity index (χ4n) is 3.33. The van der Waals surface area contributed by atoms with E-state index in [1.165, 1.54) is 11.1 Å². The van der Waals surface area contributed by atoms with Crippen LogP contribution < -0.4 is 0 Å². The van der Waals surface area contributed by atoms with Crippen LogP contribution in [0.25, 0.3) is 0 Å². The second-order valence-electron chi connectivity index (χ2n) is 6.40. The summed E-state index contributed by atoms with van der Waals surface area (Å²) in [6.45, 7) is 3.96. The Hall–Kier alpha value is -0.990. The van der Waals surface area contributed by atoms with Gasteiger partial charge in [-0.25, -0.2) is 4.67 Å². The average Bonchev–Trinajstić information content (AvgIpc) is 3.07. The maximum Gasteiger partial charge on any atom is 0.111 e. The summed E-state index contributed by atoms with van der Waals surface area (Å²) in [5, 5.41) is 0. The minimum absolute atomic E-state index is 0.169. The van der Waals surface area contributed by atoms with Crippen molar-refractivity contribution < 1.29 is 4.74 Å². The highest BCUT2D eigenvalue weighted by Gasteiger charge is 2.33. The lowest BCUT2D eigenvalue weighted by Crippen LogP contribution is -2.28. The summed E-state index contributed by atoms with van der Waals surface area (Å²) in [4.78, 5) is 0. The van der Waals surface area contributed by atoms with Gasteiger partial charge in [0.25, 0.3) is 0 Å². The molecular weight excluding hydrogens is 333 g/mol. The number of rotatable bonds is 7. The first-order chi connectivity index (χ1) is 11.7. The van der Waals surface area contributed by atoms with Crippen molar-refractivity contribution in [2.75, 3.05) is 25.5 Å². The van der Waals surface area contributed by atoms with Gasteiger partial charge in [-0.2, -0.15) is 0 Å². The molecule has 0 aromatic heterocycles. The third kappa shape index (κ3) is 4.55. The second-order valence-corrected chi connectivity index (χ2v) is 11.5. The molecule has 1 unspecified atom stereocenters. The number of nitrogens with zero attached hydrogens (tertiary/aromatic N) is 1. The van der Waals surface area contributed by atoms with Crippen LogP contribution in [-0.4, -0.2) is 36.4 Å². The molecule has 0 radical (unpaired) electrons. The highest BCUT2D eigenvalue weighted by molar-refractivity contribution is 8.13. The monoisotopic (exact) mass is 359 g/mol. The molecule has 1 aliphatic heterocycles. The molecule has 2 nitrogen and oxygen atoms in total. The Balaban J connectivity index is 1.71. The van der Waals surface area contributed by atoms with Gasteiger partial charge in [0.1, 0.15) is 6.23 Å². The normalized spacial score (nSPS) is 18.8. The quantitative estimate of drug-likeness (QED) is 0.673. The van der Waals surface area contributed by atoms with Crippen molar-refractivity contribution in [2.24, 2.45) is 0 Å². The minimum atomic E-state index is -1.61. The van der Waals surface area contributed by atoms with Gasteiger partial charge in [-0.3, -0.25) is 0 Å². The average molecular weight is 359 g/mol. The van der Waals surface area contributed by atoms with E-state index in [1.807, 2.05) is 0 Å². The Labute approximate surface area is 150 Å². The molecule has 1 heterocycles. The molecular formula is C20H26NOPS. The summed E-state index contributed by atoms with van der Waals surface area (Å²) >= 11 is 6.29. The number of hydrogen-bond acceptors (Lipinski definition) is 2. The van der Waals surface area contributed by atoms with Crippen LogP contribution in [0.4, 0.5) is 0 Å². The predicted molar refractivity (Wildman–Crippen MR) is 106 cm³/mol. The maximum absolute atomic E-state index is 6.29. The lowest BCUT2D eigenvalue weighted by atomic mass is 10.2. The summed E-state index contributed by atoms with van der Waals surface area (Å²) < 4.78 is 8.30. The zero-order valence-electron chi connectivity index (χ0n) is 14.3. The van der Waals surface area contributed by atoms with Gasteiger partial charge in [0.2, 0.25) is 0 Å². The van der Waals surface area contributed by atoms with Crippen molar-refractivity contribution >= 4 is 18.0 Å². The van der Waals surface area contributed by atoms with Crippen molar-refractivity contribution in [3.63, 3.8) is 0 Å². The highest BCUT2D eigenvalue weighted by Crippen LogP contribution is 2.53. The van der Waals surface area contributed by atoms with Crippen LogP contribution in [0, 0.1) is 0 Å².